The van der Waals surface area contributed by atoms with Gasteiger partial charge in [0.15, 0.2) is 0 Å². The van der Waals surface area contributed by atoms with Gasteiger partial charge in [0.25, 0.3) is 0 Å². The lowest BCUT2D eigenvalue weighted by atomic mass is 10.0. The quantitative estimate of drug-likeness (QED) is 0.802. The molecule has 2 rings (SSSR count). The van der Waals surface area contributed by atoms with E-state index in [4.69, 9.17) is 5.11 Å². The molecular formula is C14H13NO2. The van der Waals surface area contributed by atoms with Crippen molar-refractivity contribution in [3.8, 4) is 0 Å². The van der Waals surface area contributed by atoms with Gasteiger partial charge in [0.05, 0.1) is 5.52 Å². The summed E-state index contributed by atoms with van der Waals surface area (Å²) in [5.41, 5.74) is 3.69. The molecular weight excluding hydrogens is 214 g/mol. The number of fused-ring (bicyclic) bond motifs is 1. The molecule has 86 valence electrons. The van der Waals surface area contributed by atoms with Gasteiger partial charge in [-0.25, -0.2) is 4.79 Å². The molecule has 0 fully saturated rings. The van der Waals surface area contributed by atoms with Crippen LogP contribution in [0.15, 0.2) is 30.3 Å². The fraction of sp³-hybridized carbons (Fsp3) is 0.143. The third-order valence-electron chi connectivity index (χ3n) is 2.51. The van der Waals surface area contributed by atoms with Crippen molar-refractivity contribution in [1.29, 1.82) is 0 Å². The van der Waals surface area contributed by atoms with Gasteiger partial charge in [-0.3, -0.25) is 4.98 Å². The number of pyridine rings is 1. The summed E-state index contributed by atoms with van der Waals surface area (Å²) in [4.78, 5) is 15.0. The molecule has 0 aliphatic rings. The minimum atomic E-state index is -0.952. The van der Waals surface area contributed by atoms with Gasteiger partial charge in [0.1, 0.15) is 0 Å². The topological polar surface area (TPSA) is 50.2 Å². The summed E-state index contributed by atoms with van der Waals surface area (Å²) in [6.45, 7) is 3.90. The summed E-state index contributed by atoms with van der Waals surface area (Å²) in [6.07, 6.45) is 2.72. The molecule has 0 unspecified atom stereocenters. The van der Waals surface area contributed by atoms with Crippen LogP contribution in [-0.4, -0.2) is 16.1 Å². The second kappa shape index (κ2) is 4.37. The van der Waals surface area contributed by atoms with E-state index in [0.717, 1.165) is 33.8 Å². The lowest BCUT2D eigenvalue weighted by Crippen LogP contribution is -1.90. The van der Waals surface area contributed by atoms with E-state index in [1.54, 1.807) is 6.08 Å². The smallest absolute Gasteiger partial charge is 0.328 e. The molecule has 2 aromatic rings. The average Bonchev–Trinajstić information content (AvgIpc) is 2.26. The minimum Gasteiger partial charge on any atom is -0.478 e. The molecule has 0 atom stereocenters. The van der Waals surface area contributed by atoms with Crippen LogP contribution >= 0.6 is 0 Å². The summed E-state index contributed by atoms with van der Waals surface area (Å²) in [6, 6.07) is 7.93. The number of hydrogen-bond acceptors (Lipinski definition) is 2. The van der Waals surface area contributed by atoms with Crippen molar-refractivity contribution in [3.05, 3.63) is 47.2 Å². The van der Waals surface area contributed by atoms with Crippen molar-refractivity contribution in [2.45, 2.75) is 13.8 Å². The van der Waals surface area contributed by atoms with Crippen molar-refractivity contribution in [2.24, 2.45) is 0 Å². The SMILES string of the molecule is Cc1cc(/C=C/C(=O)O)c2nc(C)ccc2c1. The van der Waals surface area contributed by atoms with Crippen LogP contribution < -0.4 is 0 Å². The number of aliphatic carboxylic acids is 1. The highest BCUT2D eigenvalue weighted by Crippen LogP contribution is 2.20. The molecule has 17 heavy (non-hydrogen) atoms. The van der Waals surface area contributed by atoms with Crippen LogP contribution in [0, 0.1) is 13.8 Å². The largest absolute Gasteiger partial charge is 0.478 e. The first-order valence-electron chi connectivity index (χ1n) is 5.35. The van der Waals surface area contributed by atoms with Crippen molar-refractivity contribution < 1.29 is 9.90 Å². The third kappa shape index (κ3) is 2.50. The van der Waals surface area contributed by atoms with Gasteiger partial charge in [-0.15, -0.1) is 0 Å². The molecule has 1 aromatic carbocycles. The number of benzene rings is 1. The van der Waals surface area contributed by atoms with Crippen LogP contribution in [0.4, 0.5) is 0 Å². The Kier molecular flexibility index (Phi) is 2.91. The van der Waals surface area contributed by atoms with Crippen LogP contribution in [0.3, 0.4) is 0 Å². The van der Waals surface area contributed by atoms with E-state index in [0.29, 0.717) is 0 Å². The number of carbonyl (C=O) groups is 1. The van der Waals surface area contributed by atoms with Crippen LogP contribution in [0.25, 0.3) is 17.0 Å². The molecule has 0 aliphatic heterocycles. The number of nitrogens with zero attached hydrogens (tertiary/aromatic N) is 1. The Morgan fingerprint density at radius 1 is 1.29 bits per heavy atom. The lowest BCUT2D eigenvalue weighted by molar-refractivity contribution is -0.131. The Labute approximate surface area is 99.4 Å². The number of aryl methyl sites for hydroxylation is 2. The molecule has 3 nitrogen and oxygen atoms in total. The summed E-state index contributed by atoms with van der Waals surface area (Å²) in [7, 11) is 0. The zero-order chi connectivity index (χ0) is 12.4. The molecule has 0 saturated heterocycles. The molecule has 0 bridgehead atoms. The minimum absolute atomic E-state index is 0.839. The highest BCUT2D eigenvalue weighted by Gasteiger charge is 2.02. The second-order valence-corrected chi connectivity index (χ2v) is 4.05. The number of rotatable bonds is 2. The summed E-state index contributed by atoms with van der Waals surface area (Å²) >= 11 is 0. The molecule has 0 amide bonds. The van der Waals surface area contributed by atoms with Gasteiger partial charge in [-0.05, 0) is 43.7 Å². The number of carboxylic acids is 1. The zero-order valence-corrected chi connectivity index (χ0v) is 9.77. The van der Waals surface area contributed by atoms with E-state index in [-0.39, 0.29) is 0 Å². The molecule has 0 radical (unpaired) electrons. The second-order valence-electron chi connectivity index (χ2n) is 4.05. The van der Waals surface area contributed by atoms with Gasteiger partial charge in [-0.2, -0.15) is 0 Å². The van der Waals surface area contributed by atoms with Gasteiger partial charge in [-0.1, -0.05) is 6.07 Å². The number of aromatic nitrogens is 1. The number of carboxylic acid groups (broad SMARTS) is 1. The van der Waals surface area contributed by atoms with Crippen LogP contribution in [0.1, 0.15) is 16.8 Å². The first-order valence-corrected chi connectivity index (χ1v) is 5.35. The standard InChI is InChI=1S/C14H13NO2/c1-9-7-11-4-3-10(2)15-14(11)12(8-9)5-6-13(16)17/h3-8H,1-2H3,(H,16,17)/b6-5+. The van der Waals surface area contributed by atoms with E-state index < -0.39 is 5.97 Å². The van der Waals surface area contributed by atoms with E-state index >= 15 is 0 Å². The van der Waals surface area contributed by atoms with Crippen molar-refractivity contribution in [2.75, 3.05) is 0 Å². The predicted octanol–water partition coefficient (Wildman–Crippen LogP) is 2.95. The lowest BCUT2D eigenvalue weighted by Gasteiger charge is -2.04. The third-order valence-corrected chi connectivity index (χ3v) is 2.51. The van der Waals surface area contributed by atoms with Crippen LogP contribution in [-0.2, 0) is 4.79 Å². The van der Waals surface area contributed by atoms with Gasteiger partial charge < -0.3 is 5.11 Å². The molecule has 1 aromatic heterocycles. The maximum Gasteiger partial charge on any atom is 0.328 e. The molecule has 1 heterocycles. The van der Waals surface area contributed by atoms with Gasteiger partial charge >= 0.3 is 5.97 Å². The zero-order valence-electron chi connectivity index (χ0n) is 9.77. The monoisotopic (exact) mass is 227 g/mol. The fourth-order valence-electron chi connectivity index (χ4n) is 1.80. The summed E-state index contributed by atoms with van der Waals surface area (Å²) in [5, 5.41) is 9.69. The Hall–Kier alpha value is -2.16. The van der Waals surface area contributed by atoms with Crippen LogP contribution in [0.5, 0.6) is 0 Å². The van der Waals surface area contributed by atoms with E-state index in [1.807, 2.05) is 38.1 Å². The maximum absolute atomic E-state index is 10.6. The first-order chi connectivity index (χ1) is 8.06. The highest BCUT2D eigenvalue weighted by molar-refractivity contribution is 5.92. The van der Waals surface area contributed by atoms with Crippen LogP contribution in [0.2, 0.25) is 0 Å². The van der Waals surface area contributed by atoms with Gasteiger partial charge in [0.2, 0.25) is 0 Å². The Morgan fingerprint density at radius 2 is 2.06 bits per heavy atom. The Bertz CT molecular complexity index is 615. The van der Waals surface area contributed by atoms with Crippen molar-refractivity contribution in [1.82, 2.24) is 4.98 Å². The van der Waals surface area contributed by atoms with E-state index in [9.17, 15) is 4.79 Å². The normalized spacial score (nSPS) is 11.2. The van der Waals surface area contributed by atoms with E-state index in [2.05, 4.69) is 4.98 Å². The fourth-order valence-corrected chi connectivity index (χ4v) is 1.80. The molecule has 0 spiro atoms. The van der Waals surface area contributed by atoms with Crippen molar-refractivity contribution in [3.63, 3.8) is 0 Å². The van der Waals surface area contributed by atoms with E-state index in [1.165, 1.54) is 0 Å². The highest BCUT2D eigenvalue weighted by atomic mass is 16.4. The molecule has 0 aliphatic carbocycles. The Balaban J connectivity index is 2.67. The summed E-state index contributed by atoms with van der Waals surface area (Å²) < 4.78 is 0. The number of hydrogen-bond donors (Lipinski definition) is 1. The van der Waals surface area contributed by atoms with Gasteiger partial charge in [0, 0.05) is 22.7 Å². The summed E-state index contributed by atoms with van der Waals surface area (Å²) in [5.74, 6) is -0.952. The molecule has 0 saturated carbocycles. The average molecular weight is 227 g/mol. The predicted molar refractivity (Wildman–Crippen MR) is 67.9 cm³/mol. The maximum atomic E-state index is 10.6. The molecule has 3 heteroatoms. The first kappa shape index (κ1) is 11.3. The molecule has 1 N–H and O–H groups in total. The Morgan fingerprint density at radius 3 is 2.76 bits per heavy atom. The van der Waals surface area contributed by atoms with Crippen molar-refractivity contribution >= 4 is 22.9 Å².